The van der Waals surface area contributed by atoms with Crippen LogP contribution in [0.5, 0.6) is 5.75 Å². The number of aromatic hydroxyl groups is 1. The van der Waals surface area contributed by atoms with E-state index < -0.39 is 4.92 Å². The maximum absolute atomic E-state index is 10.6. The van der Waals surface area contributed by atoms with Gasteiger partial charge in [-0.25, -0.2) is 0 Å². The van der Waals surface area contributed by atoms with Crippen molar-refractivity contribution in [1.29, 1.82) is 0 Å². The molecule has 0 aliphatic rings. The third-order valence-corrected chi connectivity index (χ3v) is 4.61. The van der Waals surface area contributed by atoms with E-state index in [0.29, 0.717) is 0 Å². The summed E-state index contributed by atoms with van der Waals surface area (Å²) in [4.78, 5) is 11.3. The highest BCUT2D eigenvalue weighted by atomic mass is 79.9. The Morgan fingerprint density at radius 3 is 2.15 bits per heavy atom. The molecule has 0 spiro atoms. The Morgan fingerprint density at radius 1 is 1.10 bits per heavy atom. The highest BCUT2D eigenvalue weighted by molar-refractivity contribution is 7.95. The summed E-state index contributed by atoms with van der Waals surface area (Å²) in [7, 11) is 0.00907. The Morgan fingerprint density at radius 2 is 1.65 bits per heavy atom. The van der Waals surface area contributed by atoms with Gasteiger partial charge in [0.15, 0.2) is 4.90 Å². The van der Waals surface area contributed by atoms with Gasteiger partial charge in [-0.3, -0.25) is 10.1 Å². The summed E-state index contributed by atoms with van der Waals surface area (Å²) in [5.74, 6) is 1.10. The minimum atomic E-state index is -0.393. The van der Waals surface area contributed by atoms with Crippen molar-refractivity contribution < 1.29 is 27.0 Å². The molecular formula is C14H14BrNO3S. The number of nitro benzene ring substituents is 1. The third-order valence-electron chi connectivity index (χ3n) is 2.77. The first kappa shape index (κ1) is 16.5. The summed E-state index contributed by atoms with van der Waals surface area (Å²) in [6.07, 6.45) is 2.12. The van der Waals surface area contributed by atoms with E-state index in [1.165, 1.54) is 12.1 Å². The largest absolute Gasteiger partial charge is 1.00 e. The SMILES string of the molecule is C[S+](Cc1ccc([N+](=O)[O-])cc1)c1ccc(O)cc1.[Br-]. The zero-order valence-corrected chi connectivity index (χ0v) is 13.2. The average molecular weight is 356 g/mol. The molecule has 20 heavy (non-hydrogen) atoms. The van der Waals surface area contributed by atoms with Gasteiger partial charge in [0.05, 0.1) is 4.92 Å². The number of nitro groups is 1. The highest BCUT2D eigenvalue weighted by Gasteiger charge is 2.16. The minimum absolute atomic E-state index is 0. The van der Waals surface area contributed by atoms with Crippen LogP contribution < -0.4 is 17.0 Å². The molecule has 0 heterocycles. The van der Waals surface area contributed by atoms with Crippen molar-refractivity contribution in [2.75, 3.05) is 6.26 Å². The van der Waals surface area contributed by atoms with Crippen LogP contribution in [0.15, 0.2) is 53.4 Å². The van der Waals surface area contributed by atoms with E-state index in [9.17, 15) is 15.2 Å². The molecule has 0 aliphatic heterocycles. The first-order valence-corrected chi connectivity index (χ1v) is 7.51. The number of halogens is 1. The van der Waals surface area contributed by atoms with Crippen LogP contribution in [0.2, 0.25) is 0 Å². The molecule has 0 aromatic heterocycles. The lowest BCUT2D eigenvalue weighted by Crippen LogP contribution is -3.00. The van der Waals surface area contributed by atoms with E-state index in [1.54, 1.807) is 24.3 Å². The second-order valence-corrected chi connectivity index (χ2v) is 6.23. The normalized spacial score (nSPS) is 11.4. The first-order chi connectivity index (χ1) is 9.06. The Kier molecular flexibility index (Phi) is 6.04. The fraction of sp³-hybridized carbons (Fsp3) is 0.143. The van der Waals surface area contributed by atoms with Gasteiger partial charge >= 0.3 is 0 Å². The van der Waals surface area contributed by atoms with E-state index in [2.05, 4.69) is 6.26 Å². The maximum atomic E-state index is 10.6. The van der Waals surface area contributed by atoms with Gasteiger partial charge in [0, 0.05) is 28.6 Å². The van der Waals surface area contributed by atoms with E-state index >= 15 is 0 Å². The fourth-order valence-corrected chi connectivity index (χ4v) is 3.19. The molecule has 6 heteroatoms. The lowest BCUT2D eigenvalue weighted by Gasteiger charge is -2.03. The van der Waals surface area contributed by atoms with Gasteiger partial charge in [-0.15, -0.1) is 0 Å². The second kappa shape index (κ2) is 7.31. The molecule has 1 unspecified atom stereocenters. The molecule has 0 bridgehead atoms. The lowest BCUT2D eigenvalue weighted by molar-refractivity contribution is -0.384. The predicted octanol–water partition coefficient (Wildman–Crippen LogP) is 0.112. The van der Waals surface area contributed by atoms with Crippen molar-refractivity contribution in [3.8, 4) is 5.75 Å². The van der Waals surface area contributed by atoms with Crippen molar-refractivity contribution in [2.45, 2.75) is 10.6 Å². The molecule has 2 rings (SSSR count). The molecule has 2 aromatic carbocycles. The summed E-state index contributed by atoms with van der Waals surface area (Å²) >= 11 is 0. The lowest BCUT2D eigenvalue weighted by atomic mass is 10.2. The van der Waals surface area contributed by atoms with Crippen LogP contribution in [0.1, 0.15) is 5.56 Å². The molecule has 0 saturated heterocycles. The third kappa shape index (κ3) is 4.25. The van der Waals surface area contributed by atoms with Crippen LogP contribution in [0.25, 0.3) is 0 Å². The molecule has 1 N–H and O–H groups in total. The molecular weight excluding hydrogens is 342 g/mol. The Hall–Kier alpha value is -1.53. The van der Waals surface area contributed by atoms with Gasteiger partial charge in [-0.2, -0.15) is 0 Å². The second-order valence-electron chi connectivity index (χ2n) is 4.20. The molecule has 0 fully saturated rings. The van der Waals surface area contributed by atoms with E-state index in [1.807, 2.05) is 12.1 Å². The number of hydrogen-bond donors (Lipinski definition) is 1. The van der Waals surface area contributed by atoms with Crippen molar-refractivity contribution in [2.24, 2.45) is 0 Å². The van der Waals surface area contributed by atoms with E-state index in [-0.39, 0.29) is 39.3 Å². The molecule has 0 amide bonds. The Bertz CT molecular complexity index is 572. The number of benzene rings is 2. The number of phenols is 1. The number of hydrogen-bond acceptors (Lipinski definition) is 3. The number of non-ortho nitro benzene ring substituents is 1. The molecule has 106 valence electrons. The van der Waals surface area contributed by atoms with Gasteiger partial charge in [0.1, 0.15) is 17.8 Å². The van der Waals surface area contributed by atoms with Crippen molar-refractivity contribution in [3.05, 3.63) is 64.2 Å². The Balaban J connectivity index is 0.00000200. The quantitative estimate of drug-likeness (QED) is 0.481. The molecule has 0 aliphatic carbocycles. The van der Waals surface area contributed by atoms with Crippen molar-refractivity contribution in [1.82, 2.24) is 0 Å². The summed E-state index contributed by atoms with van der Waals surface area (Å²) < 4.78 is 0. The zero-order valence-electron chi connectivity index (χ0n) is 10.8. The maximum Gasteiger partial charge on any atom is 0.269 e. The summed E-state index contributed by atoms with van der Waals surface area (Å²) in [6.45, 7) is 0. The van der Waals surface area contributed by atoms with Gasteiger partial charge in [0.25, 0.3) is 5.69 Å². The number of phenolic OH excluding ortho intramolecular Hbond substituents is 1. The minimum Gasteiger partial charge on any atom is -1.00 e. The standard InChI is InChI=1S/C14H13NO3S.BrH/c1-19(14-8-6-13(16)7-9-14)10-11-2-4-12(5-3-11)15(17)18;/h2-9H,10H2,1H3;1H. The molecule has 0 saturated carbocycles. The van der Waals surface area contributed by atoms with Gasteiger partial charge < -0.3 is 22.1 Å². The van der Waals surface area contributed by atoms with Crippen LogP contribution in [-0.4, -0.2) is 16.3 Å². The zero-order chi connectivity index (χ0) is 13.8. The smallest absolute Gasteiger partial charge is 0.269 e. The van der Waals surface area contributed by atoms with Gasteiger partial charge in [-0.05, 0) is 36.4 Å². The van der Waals surface area contributed by atoms with Crippen LogP contribution in [0, 0.1) is 10.1 Å². The average Bonchev–Trinajstić information content (AvgIpc) is 2.40. The number of nitrogens with zero attached hydrogens (tertiary/aromatic N) is 1. The van der Waals surface area contributed by atoms with Crippen LogP contribution >= 0.6 is 0 Å². The summed E-state index contributed by atoms with van der Waals surface area (Å²) in [5.41, 5.74) is 1.19. The van der Waals surface area contributed by atoms with Gasteiger partial charge in [0.2, 0.25) is 0 Å². The van der Waals surface area contributed by atoms with Crippen LogP contribution in [0.3, 0.4) is 0 Å². The topological polar surface area (TPSA) is 63.4 Å². The highest BCUT2D eigenvalue weighted by Crippen LogP contribution is 2.20. The molecule has 4 nitrogen and oxygen atoms in total. The predicted molar refractivity (Wildman–Crippen MR) is 76.5 cm³/mol. The van der Waals surface area contributed by atoms with E-state index in [0.717, 1.165) is 16.2 Å². The summed E-state index contributed by atoms with van der Waals surface area (Å²) in [6, 6.07) is 13.8. The van der Waals surface area contributed by atoms with Crippen LogP contribution in [-0.2, 0) is 16.6 Å². The molecule has 0 radical (unpaired) electrons. The summed E-state index contributed by atoms with van der Waals surface area (Å²) in [5, 5.41) is 19.8. The van der Waals surface area contributed by atoms with Crippen molar-refractivity contribution in [3.63, 3.8) is 0 Å². The van der Waals surface area contributed by atoms with E-state index in [4.69, 9.17) is 0 Å². The fourth-order valence-electron chi connectivity index (χ4n) is 1.73. The van der Waals surface area contributed by atoms with Gasteiger partial charge in [-0.1, -0.05) is 0 Å². The number of rotatable bonds is 4. The monoisotopic (exact) mass is 355 g/mol. The van der Waals surface area contributed by atoms with Crippen LogP contribution in [0.4, 0.5) is 5.69 Å². The molecule has 1 atom stereocenters. The molecule has 2 aromatic rings. The van der Waals surface area contributed by atoms with Crippen molar-refractivity contribution >= 4 is 16.6 Å². The first-order valence-electron chi connectivity index (χ1n) is 5.71. The Labute approximate surface area is 130 Å².